The van der Waals surface area contributed by atoms with Crippen LogP contribution >= 0.6 is 0 Å². The molecule has 0 atom stereocenters. The Balaban J connectivity index is 2.56. The van der Waals surface area contributed by atoms with Crippen molar-refractivity contribution < 1.29 is 5.11 Å². The molecule has 0 bridgehead atoms. The van der Waals surface area contributed by atoms with Gasteiger partial charge in [0.15, 0.2) is 0 Å². The van der Waals surface area contributed by atoms with E-state index in [2.05, 4.69) is 48.9 Å². The van der Waals surface area contributed by atoms with Crippen LogP contribution < -0.4 is 0 Å². The lowest BCUT2D eigenvalue weighted by Crippen LogP contribution is -2.23. The fourth-order valence-corrected chi connectivity index (χ4v) is 1.94. The summed E-state index contributed by atoms with van der Waals surface area (Å²) in [5.41, 5.74) is 2.23. The Labute approximate surface area is 116 Å². The highest BCUT2D eigenvalue weighted by Crippen LogP contribution is 2.10. The van der Waals surface area contributed by atoms with Gasteiger partial charge in [-0.2, -0.15) is 0 Å². The van der Waals surface area contributed by atoms with E-state index in [0.717, 1.165) is 31.6 Å². The Bertz CT molecular complexity index is 432. The van der Waals surface area contributed by atoms with Crippen LogP contribution in [0.15, 0.2) is 24.3 Å². The van der Waals surface area contributed by atoms with Crippen molar-refractivity contribution in [2.75, 3.05) is 40.8 Å². The topological polar surface area (TPSA) is 26.7 Å². The standard InChI is InChI=1S/C16H24N2O/c1-17(2)11-7-12-18(3)14-16-9-5-4-8-15(16)10-6-13-19/h4-5,8-9,19H,7,11-14H2,1-3H3. The second kappa shape index (κ2) is 8.71. The molecule has 3 nitrogen and oxygen atoms in total. The van der Waals surface area contributed by atoms with E-state index < -0.39 is 0 Å². The van der Waals surface area contributed by atoms with Gasteiger partial charge in [0.05, 0.1) is 0 Å². The van der Waals surface area contributed by atoms with E-state index in [9.17, 15) is 0 Å². The quantitative estimate of drug-likeness (QED) is 0.784. The number of hydrogen-bond acceptors (Lipinski definition) is 3. The molecule has 19 heavy (non-hydrogen) atoms. The summed E-state index contributed by atoms with van der Waals surface area (Å²) in [5, 5.41) is 8.78. The Hall–Kier alpha value is -1.34. The molecule has 3 heteroatoms. The molecule has 0 aliphatic carbocycles. The van der Waals surface area contributed by atoms with Crippen LogP contribution in [0.4, 0.5) is 0 Å². The lowest BCUT2D eigenvalue weighted by molar-refractivity contribution is 0.294. The minimum absolute atomic E-state index is 0.0903. The van der Waals surface area contributed by atoms with Crippen molar-refractivity contribution in [3.8, 4) is 11.8 Å². The van der Waals surface area contributed by atoms with Crippen molar-refractivity contribution in [3.05, 3.63) is 35.4 Å². The predicted octanol–water partition coefficient (Wildman–Crippen LogP) is 1.41. The van der Waals surface area contributed by atoms with E-state index >= 15 is 0 Å². The molecule has 0 unspecified atom stereocenters. The lowest BCUT2D eigenvalue weighted by Gasteiger charge is -2.18. The second-order valence-corrected chi connectivity index (χ2v) is 5.01. The number of aliphatic hydroxyl groups is 1. The minimum atomic E-state index is -0.0903. The summed E-state index contributed by atoms with van der Waals surface area (Å²) in [7, 11) is 6.32. The summed E-state index contributed by atoms with van der Waals surface area (Å²) in [5.74, 6) is 5.72. The molecule has 104 valence electrons. The Morgan fingerprint density at radius 3 is 2.53 bits per heavy atom. The fourth-order valence-electron chi connectivity index (χ4n) is 1.94. The predicted molar refractivity (Wildman–Crippen MR) is 79.9 cm³/mol. The molecule has 0 aromatic heterocycles. The highest BCUT2D eigenvalue weighted by molar-refractivity contribution is 5.41. The highest BCUT2D eigenvalue weighted by Gasteiger charge is 2.04. The van der Waals surface area contributed by atoms with Gasteiger partial charge in [-0.05, 0) is 52.3 Å². The van der Waals surface area contributed by atoms with Crippen LogP contribution in [0.2, 0.25) is 0 Å². The minimum Gasteiger partial charge on any atom is -0.384 e. The molecule has 0 radical (unpaired) electrons. The summed E-state index contributed by atoms with van der Waals surface area (Å²) in [4.78, 5) is 4.51. The van der Waals surface area contributed by atoms with Crippen molar-refractivity contribution in [1.82, 2.24) is 9.80 Å². The van der Waals surface area contributed by atoms with Crippen LogP contribution in [0.1, 0.15) is 17.5 Å². The van der Waals surface area contributed by atoms with Crippen molar-refractivity contribution in [2.24, 2.45) is 0 Å². The maximum absolute atomic E-state index is 8.78. The molecule has 0 spiro atoms. The van der Waals surface area contributed by atoms with E-state index in [-0.39, 0.29) is 6.61 Å². The van der Waals surface area contributed by atoms with Gasteiger partial charge in [0, 0.05) is 12.1 Å². The van der Waals surface area contributed by atoms with Crippen LogP contribution in [0.3, 0.4) is 0 Å². The van der Waals surface area contributed by atoms with Crippen LogP contribution in [-0.2, 0) is 6.54 Å². The number of rotatable bonds is 6. The maximum Gasteiger partial charge on any atom is 0.104 e. The SMILES string of the molecule is CN(C)CCCN(C)Cc1ccccc1C#CCO. The molecule has 1 aromatic carbocycles. The van der Waals surface area contributed by atoms with E-state index in [4.69, 9.17) is 5.11 Å². The molecule has 0 fully saturated rings. The number of nitrogens with zero attached hydrogens (tertiary/aromatic N) is 2. The van der Waals surface area contributed by atoms with Gasteiger partial charge in [0.2, 0.25) is 0 Å². The summed E-state index contributed by atoms with van der Waals surface area (Å²) in [6.45, 7) is 2.98. The molecular formula is C16H24N2O. The normalized spacial score (nSPS) is 10.6. The van der Waals surface area contributed by atoms with Crippen LogP contribution in [0.25, 0.3) is 0 Å². The molecule has 0 saturated heterocycles. The summed E-state index contributed by atoms with van der Waals surface area (Å²) < 4.78 is 0. The van der Waals surface area contributed by atoms with E-state index in [1.807, 2.05) is 18.2 Å². The number of benzene rings is 1. The second-order valence-electron chi connectivity index (χ2n) is 5.01. The smallest absolute Gasteiger partial charge is 0.104 e. The van der Waals surface area contributed by atoms with Gasteiger partial charge < -0.3 is 14.9 Å². The van der Waals surface area contributed by atoms with Gasteiger partial charge in [-0.3, -0.25) is 0 Å². The van der Waals surface area contributed by atoms with Gasteiger partial charge in [0.25, 0.3) is 0 Å². The first-order valence-electron chi connectivity index (χ1n) is 6.64. The summed E-state index contributed by atoms with van der Waals surface area (Å²) in [6.07, 6.45) is 1.16. The molecule has 1 N–H and O–H groups in total. The molecule has 1 aromatic rings. The highest BCUT2D eigenvalue weighted by atomic mass is 16.2. The molecule has 0 heterocycles. The van der Waals surface area contributed by atoms with Crippen LogP contribution in [0.5, 0.6) is 0 Å². The van der Waals surface area contributed by atoms with Crippen molar-refractivity contribution in [3.63, 3.8) is 0 Å². The van der Waals surface area contributed by atoms with Gasteiger partial charge in [-0.25, -0.2) is 0 Å². The van der Waals surface area contributed by atoms with Crippen molar-refractivity contribution in [2.45, 2.75) is 13.0 Å². The maximum atomic E-state index is 8.78. The van der Waals surface area contributed by atoms with Crippen molar-refractivity contribution in [1.29, 1.82) is 0 Å². The first-order valence-corrected chi connectivity index (χ1v) is 6.64. The average Bonchev–Trinajstić information content (AvgIpc) is 2.37. The van der Waals surface area contributed by atoms with E-state index in [1.165, 1.54) is 5.56 Å². The molecule has 0 aliphatic heterocycles. The Morgan fingerprint density at radius 1 is 1.11 bits per heavy atom. The third-order valence-electron chi connectivity index (χ3n) is 2.90. The van der Waals surface area contributed by atoms with Crippen molar-refractivity contribution >= 4 is 0 Å². The van der Waals surface area contributed by atoms with E-state index in [0.29, 0.717) is 0 Å². The number of aliphatic hydroxyl groups excluding tert-OH is 1. The molecule has 0 amide bonds. The third-order valence-corrected chi connectivity index (χ3v) is 2.90. The van der Waals surface area contributed by atoms with E-state index in [1.54, 1.807) is 0 Å². The molecular weight excluding hydrogens is 236 g/mol. The lowest BCUT2D eigenvalue weighted by atomic mass is 10.1. The molecule has 1 rings (SSSR count). The average molecular weight is 260 g/mol. The fraction of sp³-hybridized carbons (Fsp3) is 0.500. The Morgan fingerprint density at radius 2 is 1.84 bits per heavy atom. The van der Waals surface area contributed by atoms with Crippen LogP contribution in [-0.4, -0.2) is 55.7 Å². The van der Waals surface area contributed by atoms with Gasteiger partial charge in [-0.1, -0.05) is 30.0 Å². The number of hydrogen-bond donors (Lipinski definition) is 1. The molecule has 0 saturated carbocycles. The zero-order valence-electron chi connectivity index (χ0n) is 12.2. The third kappa shape index (κ3) is 6.40. The summed E-state index contributed by atoms with van der Waals surface area (Å²) in [6, 6.07) is 8.12. The Kier molecular flexibility index (Phi) is 7.20. The zero-order valence-corrected chi connectivity index (χ0v) is 12.2. The van der Waals surface area contributed by atoms with Gasteiger partial charge in [-0.15, -0.1) is 0 Å². The van der Waals surface area contributed by atoms with Crippen LogP contribution in [0, 0.1) is 11.8 Å². The van der Waals surface area contributed by atoms with Gasteiger partial charge >= 0.3 is 0 Å². The first kappa shape index (κ1) is 15.7. The first-order chi connectivity index (χ1) is 9.13. The zero-order chi connectivity index (χ0) is 14.1. The monoisotopic (exact) mass is 260 g/mol. The largest absolute Gasteiger partial charge is 0.384 e. The summed E-state index contributed by atoms with van der Waals surface area (Å²) >= 11 is 0. The van der Waals surface area contributed by atoms with Gasteiger partial charge in [0.1, 0.15) is 6.61 Å². The molecule has 0 aliphatic rings.